The van der Waals surface area contributed by atoms with E-state index in [1.807, 2.05) is 31.3 Å². The third-order valence-electron chi connectivity index (χ3n) is 7.76. The molecule has 1 saturated carbocycles. The summed E-state index contributed by atoms with van der Waals surface area (Å²) < 4.78 is 25.0. The molecule has 1 unspecified atom stereocenters. The van der Waals surface area contributed by atoms with E-state index in [1.165, 1.54) is 12.8 Å². The SMILES string of the molecule is C[C@H](OC1CCCCO1)c1nccn1Cc1cc(-c2ccc(C#CC3CC(N4CCOCC4)C3)cc2)on1. The molecule has 2 atom stereocenters. The van der Waals surface area contributed by atoms with Crippen molar-refractivity contribution in [3.63, 3.8) is 0 Å². The van der Waals surface area contributed by atoms with E-state index in [-0.39, 0.29) is 12.4 Å². The fourth-order valence-electron chi connectivity index (χ4n) is 5.47. The van der Waals surface area contributed by atoms with Gasteiger partial charge in [0, 0.05) is 61.2 Å². The third-order valence-corrected chi connectivity index (χ3v) is 7.76. The normalized spacial score (nSPS) is 24.8. The standard InChI is InChI=1S/C30H36N4O4/c1-22(37-29-4-2-3-15-36-29)30-31-11-12-34(30)21-26-20-28(38-32-26)25-9-7-23(8-10-25)5-6-24-18-27(19-24)33-13-16-35-17-14-33/h7-12,20,22,24,27,29H,2-4,13-19,21H2,1H3/t22-,24?,27?,29?/m0/s1. The van der Waals surface area contributed by atoms with Crippen LogP contribution in [-0.4, -0.2) is 64.8 Å². The number of ether oxygens (including phenoxy) is 3. The van der Waals surface area contributed by atoms with Crippen LogP contribution >= 0.6 is 0 Å². The Morgan fingerprint density at radius 3 is 2.74 bits per heavy atom. The summed E-state index contributed by atoms with van der Waals surface area (Å²) in [5.41, 5.74) is 2.86. The maximum absolute atomic E-state index is 6.11. The molecule has 3 aliphatic rings. The molecule has 38 heavy (non-hydrogen) atoms. The van der Waals surface area contributed by atoms with Crippen molar-refractivity contribution < 1.29 is 18.7 Å². The molecule has 8 heteroatoms. The highest BCUT2D eigenvalue weighted by atomic mass is 16.7. The van der Waals surface area contributed by atoms with Crippen molar-refractivity contribution in [2.24, 2.45) is 5.92 Å². The van der Waals surface area contributed by atoms with Gasteiger partial charge < -0.3 is 23.3 Å². The van der Waals surface area contributed by atoms with Crippen LogP contribution in [0.1, 0.15) is 62.2 Å². The van der Waals surface area contributed by atoms with Gasteiger partial charge in [-0.2, -0.15) is 0 Å². The first-order valence-electron chi connectivity index (χ1n) is 13.9. The highest BCUT2D eigenvalue weighted by molar-refractivity contribution is 5.59. The molecule has 2 aliphatic heterocycles. The molecule has 2 aromatic heterocycles. The summed E-state index contributed by atoms with van der Waals surface area (Å²) in [5, 5.41) is 4.30. The monoisotopic (exact) mass is 516 g/mol. The van der Waals surface area contributed by atoms with E-state index < -0.39 is 0 Å². The van der Waals surface area contributed by atoms with Crippen molar-refractivity contribution in [1.82, 2.24) is 19.6 Å². The lowest BCUT2D eigenvalue weighted by Crippen LogP contribution is -2.49. The van der Waals surface area contributed by atoms with Crippen LogP contribution in [0.3, 0.4) is 0 Å². The predicted octanol–water partition coefficient (Wildman–Crippen LogP) is 4.65. The Balaban J connectivity index is 1.03. The molecule has 6 rings (SSSR count). The van der Waals surface area contributed by atoms with Gasteiger partial charge in [-0.05, 0) is 63.3 Å². The molecule has 2 saturated heterocycles. The van der Waals surface area contributed by atoms with E-state index in [0.29, 0.717) is 18.5 Å². The first-order valence-corrected chi connectivity index (χ1v) is 13.9. The topological polar surface area (TPSA) is 74.8 Å². The Morgan fingerprint density at radius 2 is 1.95 bits per heavy atom. The molecule has 200 valence electrons. The lowest BCUT2D eigenvalue weighted by Gasteiger charge is -2.42. The van der Waals surface area contributed by atoms with Crippen LogP contribution in [0, 0.1) is 17.8 Å². The Labute approximate surface area is 224 Å². The summed E-state index contributed by atoms with van der Waals surface area (Å²) in [6.45, 7) is 7.18. The van der Waals surface area contributed by atoms with E-state index >= 15 is 0 Å². The summed E-state index contributed by atoms with van der Waals surface area (Å²) in [4.78, 5) is 7.08. The lowest BCUT2D eigenvalue weighted by atomic mass is 9.79. The van der Waals surface area contributed by atoms with Gasteiger partial charge in [0.1, 0.15) is 17.6 Å². The molecule has 3 aromatic rings. The summed E-state index contributed by atoms with van der Waals surface area (Å²) >= 11 is 0. The Hall–Kier alpha value is -2.96. The van der Waals surface area contributed by atoms with E-state index in [0.717, 1.165) is 80.6 Å². The van der Waals surface area contributed by atoms with Crippen LogP contribution in [-0.2, 0) is 20.8 Å². The zero-order chi connectivity index (χ0) is 25.7. The highest BCUT2D eigenvalue weighted by Gasteiger charge is 2.33. The summed E-state index contributed by atoms with van der Waals surface area (Å²) in [7, 11) is 0. The van der Waals surface area contributed by atoms with Crippen molar-refractivity contribution in [3.05, 3.63) is 59.8 Å². The molecule has 3 fully saturated rings. The summed E-state index contributed by atoms with van der Waals surface area (Å²) in [5.74, 6) is 8.92. The van der Waals surface area contributed by atoms with Crippen LogP contribution < -0.4 is 0 Å². The maximum atomic E-state index is 6.11. The van der Waals surface area contributed by atoms with Gasteiger partial charge in [-0.3, -0.25) is 4.90 Å². The van der Waals surface area contributed by atoms with Crippen molar-refractivity contribution in [2.75, 3.05) is 32.9 Å². The van der Waals surface area contributed by atoms with E-state index in [9.17, 15) is 0 Å². The van der Waals surface area contributed by atoms with E-state index in [1.54, 1.807) is 6.20 Å². The molecular weight excluding hydrogens is 480 g/mol. The van der Waals surface area contributed by atoms with Crippen molar-refractivity contribution in [3.8, 4) is 23.2 Å². The number of rotatable bonds is 7. The number of morpholine rings is 1. The first-order chi connectivity index (χ1) is 18.7. The molecule has 0 bridgehead atoms. The lowest BCUT2D eigenvalue weighted by molar-refractivity contribution is -0.188. The number of hydrogen-bond acceptors (Lipinski definition) is 7. The van der Waals surface area contributed by atoms with Crippen LogP contribution in [0.5, 0.6) is 0 Å². The number of hydrogen-bond donors (Lipinski definition) is 0. The zero-order valence-corrected chi connectivity index (χ0v) is 22.1. The molecule has 0 spiro atoms. The Kier molecular flexibility index (Phi) is 7.89. The number of nitrogens with zero attached hydrogens (tertiary/aromatic N) is 4. The number of aromatic nitrogens is 3. The van der Waals surface area contributed by atoms with Gasteiger partial charge in [0.2, 0.25) is 0 Å². The van der Waals surface area contributed by atoms with Gasteiger partial charge in [0.15, 0.2) is 12.1 Å². The van der Waals surface area contributed by atoms with Gasteiger partial charge in [-0.15, -0.1) is 0 Å². The average Bonchev–Trinajstić information content (AvgIpc) is 3.60. The van der Waals surface area contributed by atoms with Gasteiger partial charge >= 0.3 is 0 Å². The highest BCUT2D eigenvalue weighted by Crippen LogP contribution is 2.32. The molecule has 8 nitrogen and oxygen atoms in total. The molecule has 1 aromatic carbocycles. The molecule has 0 amide bonds. The van der Waals surface area contributed by atoms with Crippen LogP contribution in [0.15, 0.2) is 47.2 Å². The molecule has 1 aliphatic carbocycles. The third kappa shape index (κ3) is 6.02. The summed E-state index contributed by atoms with van der Waals surface area (Å²) in [6.07, 6.45) is 8.93. The minimum Gasteiger partial charge on any atom is -0.379 e. The van der Waals surface area contributed by atoms with Gasteiger partial charge in [-0.25, -0.2) is 4.98 Å². The predicted molar refractivity (Wildman–Crippen MR) is 142 cm³/mol. The van der Waals surface area contributed by atoms with Gasteiger partial charge in [0.05, 0.1) is 19.8 Å². The van der Waals surface area contributed by atoms with Crippen LogP contribution in [0.2, 0.25) is 0 Å². The number of imidazole rings is 1. The Morgan fingerprint density at radius 1 is 1.11 bits per heavy atom. The van der Waals surface area contributed by atoms with Crippen molar-refractivity contribution >= 4 is 0 Å². The van der Waals surface area contributed by atoms with E-state index in [4.69, 9.17) is 18.7 Å². The minimum absolute atomic E-state index is 0.157. The first kappa shape index (κ1) is 25.3. The minimum atomic E-state index is -0.168. The van der Waals surface area contributed by atoms with Crippen LogP contribution in [0.25, 0.3) is 11.3 Å². The van der Waals surface area contributed by atoms with Gasteiger partial charge in [0.25, 0.3) is 0 Å². The number of benzene rings is 1. The smallest absolute Gasteiger partial charge is 0.167 e. The Bertz CT molecular complexity index is 1240. The van der Waals surface area contributed by atoms with E-state index in [2.05, 4.69) is 43.6 Å². The molecule has 4 heterocycles. The van der Waals surface area contributed by atoms with Crippen LogP contribution in [0.4, 0.5) is 0 Å². The second kappa shape index (κ2) is 11.8. The fourth-order valence-corrected chi connectivity index (χ4v) is 5.47. The fraction of sp³-hybridized carbons (Fsp3) is 0.533. The average molecular weight is 517 g/mol. The molecule has 0 N–H and O–H groups in total. The zero-order valence-electron chi connectivity index (χ0n) is 22.1. The van der Waals surface area contributed by atoms with Crippen molar-refractivity contribution in [1.29, 1.82) is 0 Å². The molecule has 0 radical (unpaired) electrons. The van der Waals surface area contributed by atoms with Crippen molar-refractivity contribution in [2.45, 2.75) is 64.0 Å². The molecular formula is C30H36N4O4. The second-order valence-corrected chi connectivity index (χ2v) is 10.5. The largest absolute Gasteiger partial charge is 0.379 e. The maximum Gasteiger partial charge on any atom is 0.167 e. The second-order valence-electron chi connectivity index (χ2n) is 10.5. The van der Waals surface area contributed by atoms with Gasteiger partial charge in [-0.1, -0.05) is 17.0 Å². The quantitative estimate of drug-likeness (QED) is 0.423. The summed E-state index contributed by atoms with van der Waals surface area (Å²) in [6, 6.07) is 10.9.